The van der Waals surface area contributed by atoms with E-state index in [0.717, 1.165) is 12.8 Å². The molecule has 1 aliphatic carbocycles. The number of hydrogen-bond acceptors (Lipinski definition) is 3. The Morgan fingerprint density at radius 3 is 2.88 bits per heavy atom. The summed E-state index contributed by atoms with van der Waals surface area (Å²) >= 11 is 0. The number of benzene rings is 1. The fourth-order valence-electron chi connectivity index (χ4n) is 1.47. The number of nitrogens with one attached hydrogen (secondary N) is 1. The lowest BCUT2D eigenvalue weighted by molar-refractivity contribution is 0.0986. The number of ketones is 1. The second-order valence-electron chi connectivity index (χ2n) is 3.92. The van der Waals surface area contributed by atoms with Gasteiger partial charge in [0.2, 0.25) is 0 Å². The van der Waals surface area contributed by atoms with Crippen LogP contribution in [-0.4, -0.2) is 25.5 Å². The van der Waals surface area contributed by atoms with Crippen LogP contribution in [0.15, 0.2) is 18.2 Å². The molecule has 1 N–H and O–H groups in total. The fourth-order valence-corrected chi connectivity index (χ4v) is 1.47. The van der Waals surface area contributed by atoms with Gasteiger partial charge in [0, 0.05) is 12.1 Å². The lowest BCUT2D eigenvalue weighted by Gasteiger charge is -2.05. The average Bonchev–Trinajstić information content (AvgIpc) is 3.09. The zero-order valence-electron chi connectivity index (χ0n) is 9.13. The van der Waals surface area contributed by atoms with E-state index in [-0.39, 0.29) is 17.9 Å². The summed E-state index contributed by atoms with van der Waals surface area (Å²) in [5.74, 6) is -0.321. The summed E-state index contributed by atoms with van der Waals surface area (Å²) in [5.41, 5.74) is 0.119. The van der Waals surface area contributed by atoms with Gasteiger partial charge in [0.1, 0.15) is 11.6 Å². The smallest absolute Gasteiger partial charge is 0.179 e. The maximum absolute atomic E-state index is 13.5. The molecule has 1 aliphatic rings. The van der Waals surface area contributed by atoms with E-state index in [2.05, 4.69) is 5.32 Å². The summed E-state index contributed by atoms with van der Waals surface area (Å²) < 4.78 is 18.4. The molecule has 0 saturated heterocycles. The van der Waals surface area contributed by atoms with Crippen LogP contribution in [0, 0.1) is 5.82 Å². The number of carbonyl (C=O) groups excluding carboxylic acids is 1. The summed E-state index contributed by atoms with van der Waals surface area (Å²) in [4.78, 5) is 11.7. The lowest BCUT2D eigenvalue weighted by atomic mass is 10.1. The van der Waals surface area contributed by atoms with E-state index >= 15 is 0 Å². The highest BCUT2D eigenvalue weighted by molar-refractivity contribution is 5.98. The molecule has 0 unspecified atom stereocenters. The third-order valence-corrected chi connectivity index (χ3v) is 2.61. The van der Waals surface area contributed by atoms with Crippen LogP contribution in [0.1, 0.15) is 23.2 Å². The van der Waals surface area contributed by atoms with Gasteiger partial charge < -0.3 is 10.1 Å². The number of ether oxygens (including phenoxy) is 1. The van der Waals surface area contributed by atoms with Crippen molar-refractivity contribution in [3.63, 3.8) is 0 Å². The van der Waals surface area contributed by atoms with Crippen LogP contribution in [-0.2, 0) is 0 Å². The molecule has 0 radical (unpaired) electrons. The first-order valence-electron chi connectivity index (χ1n) is 5.31. The van der Waals surface area contributed by atoms with Crippen LogP contribution in [0.25, 0.3) is 0 Å². The third kappa shape index (κ3) is 2.58. The van der Waals surface area contributed by atoms with Crippen molar-refractivity contribution in [3.05, 3.63) is 29.6 Å². The van der Waals surface area contributed by atoms with Crippen LogP contribution in [0.3, 0.4) is 0 Å². The van der Waals surface area contributed by atoms with Gasteiger partial charge in [-0.25, -0.2) is 4.39 Å². The van der Waals surface area contributed by atoms with Crippen LogP contribution < -0.4 is 10.1 Å². The van der Waals surface area contributed by atoms with E-state index in [1.54, 1.807) is 6.07 Å². The summed E-state index contributed by atoms with van der Waals surface area (Å²) in [5, 5.41) is 3.06. The number of Topliss-reactive ketones (excluding diaryl/α,β-unsaturated/α-hetero) is 1. The molecule has 0 aromatic heterocycles. The summed E-state index contributed by atoms with van der Waals surface area (Å²) in [6, 6.07) is 4.73. The van der Waals surface area contributed by atoms with Gasteiger partial charge >= 0.3 is 0 Å². The minimum atomic E-state index is -0.526. The highest BCUT2D eigenvalue weighted by atomic mass is 19.1. The molecule has 0 aliphatic heterocycles. The Labute approximate surface area is 93.6 Å². The molecule has 4 heteroatoms. The molecule has 0 bridgehead atoms. The molecule has 16 heavy (non-hydrogen) atoms. The SMILES string of the molecule is COc1ccc(C(=O)CNC2CC2)c(F)c1. The number of halogens is 1. The van der Waals surface area contributed by atoms with Gasteiger partial charge in [0.25, 0.3) is 0 Å². The molecule has 1 fully saturated rings. The third-order valence-electron chi connectivity index (χ3n) is 2.61. The zero-order valence-corrected chi connectivity index (χ0v) is 9.13. The van der Waals surface area contributed by atoms with E-state index in [4.69, 9.17) is 4.74 Å². The van der Waals surface area contributed by atoms with E-state index in [1.807, 2.05) is 0 Å². The molecular formula is C12H14FNO2. The van der Waals surface area contributed by atoms with Gasteiger partial charge in [-0.15, -0.1) is 0 Å². The topological polar surface area (TPSA) is 38.3 Å². The normalized spacial score (nSPS) is 14.9. The van der Waals surface area contributed by atoms with Crippen molar-refractivity contribution < 1.29 is 13.9 Å². The number of methoxy groups -OCH3 is 1. The monoisotopic (exact) mass is 223 g/mol. The zero-order chi connectivity index (χ0) is 11.5. The molecule has 0 atom stereocenters. The van der Waals surface area contributed by atoms with Gasteiger partial charge in [-0.2, -0.15) is 0 Å². The van der Waals surface area contributed by atoms with E-state index in [9.17, 15) is 9.18 Å². The van der Waals surface area contributed by atoms with Crippen molar-refractivity contribution in [1.29, 1.82) is 0 Å². The number of hydrogen-bond donors (Lipinski definition) is 1. The summed E-state index contributed by atoms with van der Waals surface area (Å²) in [7, 11) is 1.46. The van der Waals surface area contributed by atoms with Crippen molar-refractivity contribution in [2.24, 2.45) is 0 Å². The van der Waals surface area contributed by atoms with Gasteiger partial charge in [0.05, 0.1) is 19.2 Å². The highest BCUT2D eigenvalue weighted by Crippen LogP contribution is 2.19. The predicted molar refractivity (Wildman–Crippen MR) is 58.3 cm³/mol. The standard InChI is InChI=1S/C12H14FNO2/c1-16-9-4-5-10(11(13)6-9)12(15)7-14-8-2-3-8/h4-6,8,14H,2-3,7H2,1H3. The van der Waals surface area contributed by atoms with Crippen molar-refractivity contribution in [1.82, 2.24) is 5.32 Å². The molecule has 0 amide bonds. The second kappa shape index (κ2) is 4.61. The second-order valence-corrected chi connectivity index (χ2v) is 3.92. The summed E-state index contributed by atoms with van der Waals surface area (Å²) in [6.07, 6.45) is 2.22. The Balaban J connectivity index is 2.03. The van der Waals surface area contributed by atoms with Gasteiger partial charge in [-0.05, 0) is 25.0 Å². The summed E-state index contributed by atoms with van der Waals surface area (Å²) in [6.45, 7) is 0.202. The van der Waals surface area contributed by atoms with Crippen molar-refractivity contribution in [2.75, 3.05) is 13.7 Å². The molecule has 2 rings (SSSR count). The van der Waals surface area contributed by atoms with Crippen molar-refractivity contribution >= 4 is 5.78 Å². The quantitative estimate of drug-likeness (QED) is 0.773. The average molecular weight is 223 g/mol. The van der Waals surface area contributed by atoms with Crippen molar-refractivity contribution in [3.8, 4) is 5.75 Å². The van der Waals surface area contributed by atoms with Gasteiger partial charge in [-0.3, -0.25) is 4.79 Å². The first kappa shape index (κ1) is 11.1. The maximum Gasteiger partial charge on any atom is 0.179 e. The molecule has 0 spiro atoms. The lowest BCUT2D eigenvalue weighted by Crippen LogP contribution is -2.25. The van der Waals surface area contributed by atoms with E-state index < -0.39 is 5.82 Å². The number of carbonyl (C=O) groups is 1. The number of rotatable bonds is 5. The van der Waals surface area contributed by atoms with Crippen LogP contribution in [0.2, 0.25) is 0 Å². The molecule has 86 valence electrons. The molecule has 0 heterocycles. The highest BCUT2D eigenvalue weighted by Gasteiger charge is 2.22. The minimum absolute atomic E-state index is 0.119. The fraction of sp³-hybridized carbons (Fsp3) is 0.417. The first-order valence-corrected chi connectivity index (χ1v) is 5.31. The molecule has 1 saturated carbocycles. The Hall–Kier alpha value is -1.42. The van der Waals surface area contributed by atoms with Crippen LogP contribution in [0.4, 0.5) is 4.39 Å². The van der Waals surface area contributed by atoms with Gasteiger partial charge in [-0.1, -0.05) is 0 Å². The maximum atomic E-state index is 13.5. The van der Waals surface area contributed by atoms with Gasteiger partial charge in [0.15, 0.2) is 5.78 Å². The van der Waals surface area contributed by atoms with Crippen molar-refractivity contribution in [2.45, 2.75) is 18.9 Å². The molecule has 1 aromatic carbocycles. The minimum Gasteiger partial charge on any atom is -0.497 e. The van der Waals surface area contributed by atoms with Crippen LogP contribution >= 0.6 is 0 Å². The Morgan fingerprint density at radius 2 is 2.31 bits per heavy atom. The molecule has 3 nitrogen and oxygen atoms in total. The predicted octanol–water partition coefficient (Wildman–Crippen LogP) is 1.77. The largest absolute Gasteiger partial charge is 0.497 e. The Bertz CT molecular complexity index is 402. The Morgan fingerprint density at radius 1 is 1.56 bits per heavy atom. The first-order chi connectivity index (χ1) is 7.70. The molecular weight excluding hydrogens is 209 g/mol. The van der Waals surface area contributed by atoms with E-state index in [0.29, 0.717) is 11.8 Å². The van der Waals surface area contributed by atoms with E-state index in [1.165, 1.54) is 19.2 Å². The van der Waals surface area contributed by atoms with Crippen LogP contribution in [0.5, 0.6) is 5.75 Å². The molecule has 1 aromatic rings. The Kier molecular flexibility index (Phi) is 3.19.